The van der Waals surface area contributed by atoms with E-state index < -0.39 is 6.03 Å². The molecule has 4 nitrogen and oxygen atoms in total. The second kappa shape index (κ2) is 4.10. The molecule has 0 saturated heterocycles. The van der Waals surface area contributed by atoms with Crippen LogP contribution in [0.4, 0.5) is 15.6 Å². The van der Waals surface area contributed by atoms with Gasteiger partial charge in [0, 0.05) is 11.6 Å². The molecule has 0 spiro atoms. The standard InChI is InChI=1S/C10H8N3OS/c11-9(14)13(10-12-6-7-15-10)8-4-2-1-3-5-8/h2-7H,(H2,11,14). The molecule has 0 aliphatic heterocycles. The van der Waals surface area contributed by atoms with Crippen LogP contribution in [-0.2, 0) is 0 Å². The van der Waals surface area contributed by atoms with Crippen molar-refractivity contribution in [2.45, 2.75) is 0 Å². The Hall–Kier alpha value is -1.88. The molecule has 1 radical (unpaired) electrons. The fourth-order valence-electron chi connectivity index (χ4n) is 1.19. The molecule has 2 N–H and O–H groups in total. The lowest BCUT2D eigenvalue weighted by atomic mass is 10.3. The number of aromatic nitrogens is 1. The predicted molar refractivity (Wildman–Crippen MR) is 59.1 cm³/mol. The Morgan fingerprint density at radius 2 is 2.20 bits per heavy atom. The number of thiazole rings is 1. The van der Waals surface area contributed by atoms with E-state index in [2.05, 4.69) is 11.1 Å². The number of amides is 2. The average Bonchev–Trinajstić information content (AvgIpc) is 2.72. The fourth-order valence-corrected chi connectivity index (χ4v) is 1.85. The Labute approximate surface area is 91.0 Å². The van der Waals surface area contributed by atoms with Crippen molar-refractivity contribution in [2.24, 2.45) is 5.73 Å². The second-order valence-corrected chi connectivity index (χ2v) is 3.62. The lowest BCUT2D eigenvalue weighted by Crippen LogP contribution is -2.31. The maximum absolute atomic E-state index is 11.3. The average molecular weight is 218 g/mol. The first-order valence-corrected chi connectivity index (χ1v) is 5.12. The summed E-state index contributed by atoms with van der Waals surface area (Å²) in [6.45, 7) is 0. The van der Waals surface area contributed by atoms with Crippen molar-refractivity contribution in [3.05, 3.63) is 41.9 Å². The van der Waals surface area contributed by atoms with Gasteiger partial charge in [0.2, 0.25) is 0 Å². The second-order valence-electron chi connectivity index (χ2n) is 2.75. The number of hydrogen-bond donors (Lipinski definition) is 1. The molecule has 0 fully saturated rings. The summed E-state index contributed by atoms with van der Waals surface area (Å²) in [6.07, 6.45) is 1.63. The Morgan fingerprint density at radius 1 is 1.47 bits per heavy atom. The molecule has 0 aliphatic rings. The number of anilines is 2. The highest BCUT2D eigenvalue weighted by molar-refractivity contribution is 7.13. The van der Waals surface area contributed by atoms with Crippen LogP contribution in [0.25, 0.3) is 0 Å². The van der Waals surface area contributed by atoms with Gasteiger partial charge in [-0.2, -0.15) is 0 Å². The molecule has 1 aromatic carbocycles. The van der Waals surface area contributed by atoms with E-state index in [1.54, 1.807) is 35.8 Å². The number of urea groups is 1. The number of carbonyl (C=O) groups is 1. The van der Waals surface area contributed by atoms with Crippen LogP contribution in [0.15, 0.2) is 35.8 Å². The molecular formula is C10H8N3OS. The molecule has 0 atom stereocenters. The maximum atomic E-state index is 11.3. The third kappa shape index (κ3) is 1.97. The molecule has 1 aromatic heterocycles. The highest BCUT2D eigenvalue weighted by Crippen LogP contribution is 2.26. The molecule has 0 unspecified atom stereocenters. The SMILES string of the molecule is NC(=O)N(c1cc[c]cc1)c1nccs1. The van der Waals surface area contributed by atoms with Gasteiger partial charge >= 0.3 is 6.03 Å². The maximum Gasteiger partial charge on any atom is 0.325 e. The normalized spacial score (nSPS) is 9.87. The first-order chi connectivity index (χ1) is 7.29. The van der Waals surface area contributed by atoms with Crippen LogP contribution in [0.5, 0.6) is 0 Å². The number of primary amides is 1. The molecule has 5 heteroatoms. The minimum atomic E-state index is -0.545. The third-order valence-corrected chi connectivity index (χ3v) is 2.55. The van der Waals surface area contributed by atoms with E-state index in [1.807, 2.05) is 0 Å². The zero-order valence-electron chi connectivity index (χ0n) is 7.75. The fraction of sp³-hybridized carbons (Fsp3) is 0. The van der Waals surface area contributed by atoms with Gasteiger partial charge in [-0.3, -0.25) is 0 Å². The molecule has 0 bridgehead atoms. The van der Waals surface area contributed by atoms with Crippen molar-refractivity contribution in [1.82, 2.24) is 4.98 Å². The Kier molecular flexibility index (Phi) is 2.64. The number of benzene rings is 1. The number of hydrogen-bond acceptors (Lipinski definition) is 3. The molecular weight excluding hydrogens is 210 g/mol. The summed E-state index contributed by atoms with van der Waals surface area (Å²) >= 11 is 1.36. The van der Waals surface area contributed by atoms with E-state index >= 15 is 0 Å². The van der Waals surface area contributed by atoms with Gasteiger partial charge < -0.3 is 5.73 Å². The Balaban J connectivity index is 2.42. The van der Waals surface area contributed by atoms with Gasteiger partial charge in [-0.25, -0.2) is 14.7 Å². The van der Waals surface area contributed by atoms with E-state index in [0.717, 1.165) is 0 Å². The van der Waals surface area contributed by atoms with Crippen molar-refractivity contribution in [3.8, 4) is 0 Å². The smallest absolute Gasteiger partial charge is 0.325 e. The van der Waals surface area contributed by atoms with Crippen molar-refractivity contribution >= 4 is 28.2 Å². The van der Waals surface area contributed by atoms with Gasteiger partial charge in [-0.05, 0) is 18.2 Å². The van der Waals surface area contributed by atoms with Crippen LogP contribution in [0.1, 0.15) is 0 Å². The third-order valence-electron chi connectivity index (χ3n) is 1.79. The van der Waals surface area contributed by atoms with Crippen LogP contribution in [0, 0.1) is 6.07 Å². The summed E-state index contributed by atoms with van der Waals surface area (Å²) in [5, 5.41) is 2.36. The van der Waals surface area contributed by atoms with Crippen LogP contribution >= 0.6 is 11.3 Å². The highest BCUT2D eigenvalue weighted by atomic mass is 32.1. The first kappa shape index (κ1) is 9.67. The van der Waals surface area contributed by atoms with Crippen molar-refractivity contribution in [2.75, 3.05) is 4.90 Å². The molecule has 1 heterocycles. The monoisotopic (exact) mass is 218 g/mol. The zero-order chi connectivity index (χ0) is 10.7. The van der Waals surface area contributed by atoms with Crippen LogP contribution in [0.2, 0.25) is 0 Å². The van der Waals surface area contributed by atoms with Gasteiger partial charge in [0.05, 0.1) is 5.69 Å². The number of nitrogens with two attached hydrogens (primary N) is 1. The van der Waals surface area contributed by atoms with Crippen molar-refractivity contribution in [3.63, 3.8) is 0 Å². The summed E-state index contributed by atoms with van der Waals surface area (Å²) < 4.78 is 0. The van der Waals surface area contributed by atoms with Gasteiger partial charge in [0.25, 0.3) is 0 Å². The number of carbonyl (C=O) groups excluding carboxylic acids is 1. The van der Waals surface area contributed by atoms with E-state index in [4.69, 9.17) is 5.73 Å². The van der Waals surface area contributed by atoms with Crippen LogP contribution < -0.4 is 10.6 Å². The lowest BCUT2D eigenvalue weighted by molar-refractivity contribution is 0.256. The quantitative estimate of drug-likeness (QED) is 0.839. The van der Waals surface area contributed by atoms with Crippen molar-refractivity contribution < 1.29 is 4.79 Å². The number of rotatable bonds is 2. The molecule has 2 amide bonds. The molecule has 75 valence electrons. The Bertz CT molecular complexity index is 441. The van der Waals surface area contributed by atoms with Gasteiger partial charge in [0.15, 0.2) is 5.13 Å². The first-order valence-electron chi connectivity index (χ1n) is 4.24. The van der Waals surface area contributed by atoms with Crippen molar-refractivity contribution in [1.29, 1.82) is 0 Å². The molecule has 0 aliphatic carbocycles. The van der Waals surface area contributed by atoms with Crippen LogP contribution in [0.3, 0.4) is 0 Å². The molecule has 15 heavy (non-hydrogen) atoms. The number of nitrogens with zero attached hydrogens (tertiary/aromatic N) is 2. The summed E-state index contributed by atoms with van der Waals surface area (Å²) in [5.41, 5.74) is 5.99. The zero-order valence-corrected chi connectivity index (χ0v) is 8.57. The minimum absolute atomic E-state index is 0.545. The summed E-state index contributed by atoms with van der Waals surface area (Å²) in [5.74, 6) is 0. The van der Waals surface area contributed by atoms with Gasteiger partial charge in [-0.15, -0.1) is 11.3 Å². The summed E-state index contributed by atoms with van der Waals surface area (Å²) in [6, 6.07) is 9.29. The molecule has 0 saturated carbocycles. The van der Waals surface area contributed by atoms with Gasteiger partial charge in [0.1, 0.15) is 0 Å². The summed E-state index contributed by atoms with van der Waals surface area (Å²) in [4.78, 5) is 16.7. The molecule has 2 aromatic rings. The predicted octanol–water partition coefficient (Wildman–Crippen LogP) is 2.16. The van der Waals surface area contributed by atoms with Crippen LogP contribution in [-0.4, -0.2) is 11.0 Å². The highest BCUT2D eigenvalue weighted by Gasteiger charge is 2.16. The Morgan fingerprint density at radius 3 is 2.73 bits per heavy atom. The molecule has 2 rings (SSSR count). The van der Waals surface area contributed by atoms with E-state index in [1.165, 1.54) is 16.2 Å². The van der Waals surface area contributed by atoms with E-state index in [0.29, 0.717) is 10.8 Å². The summed E-state index contributed by atoms with van der Waals surface area (Å²) in [7, 11) is 0. The minimum Gasteiger partial charge on any atom is -0.351 e. The largest absolute Gasteiger partial charge is 0.351 e. The van der Waals surface area contributed by atoms with Gasteiger partial charge in [-0.1, -0.05) is 12.1 Å². The topological polar surface area (TPSA) is 59.2 Å². The lowest BCUT2D eigenvalue weighted by Gasteiger charge is -2.16. The van der Waals surface area contributed by atoms with E-state index in [-0.39, 0.29) is 0 Å². The van der Waals surface area contributed by atoms with E-state index in [9.17, 15) is 4.79 Å².